The van der Waals surface area contributed by atoms with Crippen LogP contribution in [0.15, 0.2) is 95.8 Å². The Morgan fingerprint density at radius 1 is 0.818 bits per heavy atom. The lowest BCUT2D eigenvalue weighted by atomic mass is 9.98. The second-order valence-electron chi connectivity index (χ2n) is 11.7. The molecule has 44 heavy (non-hydrogen) atoms. The van der Waals surface area contributed by atoms with Gasteiger partial charge in [0, 0.05) is 18.9 Å². The predicted molar refractivity (Wildman–Crippen MR) is 167 cm³/mol. The Morgan fingerprint density at radius 2 is 1.45 bits per heavy atom. The number of hydrogen-bond acceptors (Lipinski definition) is 6. The molecule has 0 atom stereocenters. The summed E-state index contributed by atoms with van der Waals surface area (Å²) in [6.07, 6.45) is 1.35. The first kappa shape index (κ1) is 28.1. The van der Waals surface area contributed by atoms with Crippen LogP contribution in [0.5, 0.6) is 11.5 Å². The lowest BCUT2D eigenvalue weighted by Gasteiger charge is -2.20. The van der Waals surface area contributed by atoms with Gasteiger partial charge in [-0.2, -0.15) is 5.10 Å². The van der Waals surface area contributed by atoms with Crippen LogP contribution in [0.4, 0.5) is 0 Å². The second-order valence-corrected chi connectivity index (χ2v) is 11.7. The van der Waals surface area contributed by atoms with Crippen molar-refractivity contribution < 1.29 is 18.9 Å². The topological polar surface area (TPSA) is 87.6 Å². The van der Waals surface area contributed by atoms with Gasteiger partial charge in [0.05, 0.1) is 24.5 Å². The van der Waals surface area contributed by atoms with Crippen LogP contribution in [0.2, 0.25) is 0 Å². The first-order valence-electron chi connectivity index (χ1n) is 15.1. The summed E-state index contributed by atoms with van der Waals surface area (Å²) in [6, 6.07) is 30.1. The number of rotatable bonds is 9. The number of aromatic nitrogens is 3. The summed E-state index contributed by atoms with van der Waals surface area (Å²) in [5, 5.41) is 7.20. The number of H-pyrrole nitrogens is 1. The minimum absolute atomic E-state index is 0.143. The number of ether oxygens (including phenoxy) is 4. The van der Waals surface area contributed by atoms with Gasteiger partial charge in [0.15, 0.2) is 11.6 Å². The predicted octanol–water partition coefficient (Wildman–Crippen LogP) is 6.35. The van der Waals surface area contributed by atoms with E-state index in [0.29, 0.717) is 56.4 Å². The van der Waals surface area contributed by atoms with Gasteiger partial charge in [0.1, 0.15) is 24.7 Å². The number of aromatic amines is 1. The summed E-state index contributed by atoms with van der Waals surface area (Å²) in [5.74, 6) is 1.33. The zero-order valence-corrected chi connectivity index (χ0v) is 24.9. The van der Waals surface area contributed by atoms with Crippen molar-refractivity contribution in [3.05, 3.63) is 129 Å². The summed E-state index contributed by atoms with van der Waals surface area (Å²) in [6.45, 7) is 6.22. The molecule has 0 bridgehead atoms. The fraction of sp³-hybridized carbons (Fsp3) is 0.278. The van der Waals surface area contributed by atoms with Crippen molar-refractivity contribution in [1.29, 1.82) is 0 Å². The molecule has 8 nitrogen and oxygen atoms in total. The molecular formula is C36H35N3O5. The molecule has 1 aliphatic carbocycles. The van der Waals surface area contributed by atoms with Crippen molar-refractivity contribution >= 4 is 0 Å². The Bertz CT molecular complexity index is 1820. The van der Waals surface area contributed by atoms with Gasteiger partial charge in [-0.15, -0.1) is 0 Å². The van der Waals surface area contributed by atoms with E-state index >= 15 is 0 Å². The van der Waals surface area contributed by atoms with Crippen molar-refractivity contribution in [3.8, 4) is 28.6 Å². The first-order valence-corrected chi connectivity index (χ1v) is 15.1. The smallest absolute Gasteiger partial charge is 0.348 e. The molecule has 224 valence electrons. The van der Waals surface area contributed by atoms with E-state index in [0.717, 1.165) is 33.7 Å². The molecular weight excluding hydrogens is 554 g/mol. The zero-order chi connectivity index (χ0) is 30.1. The van der Waals surface area contributed by atoms with Crippen LogP contribution >= 0.6 is 0 Å². The summed E-state index contributed by atoms with van der Waals surface area (Å²) >= 11 is 0. The summed E-state index contributed by atoms with van der Waals surface area (Å²) in [5.41, 5.74) is 6.47. The standard InChI is InChI=1S/C36H35N3O5/c1-24(2)30-18-31(33(42-23-26-11-7-4-8-12-26)19-32(30)41-22-25-9-5-3-6-10-25)34-37-38-35(40)39(34)29-14-13-27-20-36(21-28(27)17-29)43-15-16-44-36/h3-14,17-19,24H,15-16,20-23H2,1-2H3,(H,38,40). The molecule has 2 heterocycles. The van der Waals surface area contributed by atoms with Gasteiger partial charge in [-0.1, -0.05) is 80.6 Å². The SMILES string of the molecule is CC(C)c1cc(-c2n[nH]c(=O)n2-c2ccc3c(c2)CC2(C3)OCCO2)c(OCc2ccccc2)cc1OCc1ccccc1. The molecule has 4 aromatic carbocycles. The Balaban J connectivity index is 1.30. The molecule has 2 aliphatic rings. The largest absolute Gasteiger partial charge is 0.488 e. The van der Waals surface area contributed by atoms with E-state index in [1.165, 1.54) is 5.56 Å². The fourth-order valence-corrected chi connectivity index (χ4v) is 6.07. The van der Waals surface area contributed by atoms with Crippen LogP contribution in [0.3, 0.4) is 0 Å². The molecule has 1 aromatic heterocycles. The lowest BCUT2D eigenvalue weighted by molar-refractivity contribution is -0.147. The van der Waals surface area contributed by atoms with Gasteiger partial charge in [0.2, 0.25) is 0 Å². The maximum Gasteiger partial charge on any atom is 0.348 e. The average Bonchev–Trinajstić information content (AvgIpc) is 3.77. The van der Waals surface area contributed by atoms with Crippen molar-refractivity contribution in [2.75, 3.05) is 13.2 Å². The molecule has 1 saturated heterocycles. The molecule has 5 aromatic rings. The first-order chi connectivity index (χ1) is 21.5. The van der Waals surface area contributed by atoms with E-state index in [1.54, 1.807) is 4.57 Å². The molecule has 1 aliphatic heterocycles. The number of fused-ring (bicyclic) bond motifs is 1. The van der Waals surface area contributed by atoms with Crippen molar-refractivity contribution in [2.45, 2.75) is 51.6 Å². The minimum atomic E-state index is -0.592. The van der Waals surface area contributed by atoms with Gasteiger partial charge in [-0.05, 0) is 51.9 Å². The monoisotopic (exact) mass is 589 g/mol. The third kappa shape index (κ3) is 5.54. The highest BCUT2D eigenvalue weighted by Crippen LogP contribution is 2.41. The molecule has 1 fully saturated rings. The van der Waals surface area contributed by atoms with Crippen molar-refractivity contribution in [3.63, 3.8) is 0 Å². The molecule has 1 spiro atoms. The number of hydrogen-bond donors (Lipinski definition) is 1. The summed E-state index contributed by atoms with van der Waals surface area (Å²) in [4.78, 5) is 13.3. The molecule has 8 heteroatoms. The Morgan fingerprint density at radius 3 is 2.11 bits per heavy atom. The van der Waals surface area contributed by atoms with E-state index in [-0.39, 0.29) is 11.6 Å². The third-order valence-corrected chi connectivity index (χ3v) is 8.30. The van der Waals surface area contributed by atoms with Crippen molar-refractivity contribution in [2.24, 2.45) is 0 Å². The summed E-state index contributed by atoms with van der Waals surface area (Å²) in [7, 11) is 0. The van der Waals surface area contributed by atoms with Crippen LogP contribution < -0.4 is 15.2 Å². The van der Waals surface area contributed by atoms with Crippen LogP contribution in [0, 0.1) is 0 Å². The Kier molecular flexibility index (Phi) is 7.54. The molecule has 0 amide bonds. The van der Waals surface area contributed by atoms with E-state index < -0.39 is 5.79 Å². The minimum Gasteiger partial charge on any atom is -0.488 e. The number of nitrogens with zero attached hydrogens (tertiary/aromatic N) is 2. The zero-order valence-electron chi connectivity index (χ0n) is 24.9. The van der Waals surface area contributed by atoms with E-state index in [9.17, 15) is 4.79 Å². The Labute approximate surface area is 256 Å². The molecule has 1 N–H and O–H groups in total. The third-order valence-electron chi connectivity index (χ3n) is 8.30. The Hall–Kier alpha value is -4.66. The average molecular weight is 590 g/mol. The number of benzene rings is 4. The van der Waals surface area contributed by atoms with E-state index in [1.807, 2.05) is 84.9 Å². The highest BCUT2D eigenvalue weighted by Gasteiger charge is 2.42. The van der Waals surface area contributed by atoms with Gasteiger partial charge in [-0.3, -0.25) is 0 Å². The van der Waals surface area contributed by atoms with Crippen LogP contribution in [-0.2, 0) is 35.5 Å². The summed E-state index contributed by atoms with van der Waals surface area (Å²) < 4.78 is 26.4. The van der Waals surface area contributed by atoms with Crippen LogP contribution in [-0.4, -0.2) is 33.8 Å². The maximum atomic E-state index is 13.3. The molecule has 0 radical (unpaired) electrons. The highest BCUT2D eigenvalue weighted by atomic mass is 16.7. The second kappa shape index (κ2) is 11.8. The quantitative estimate of drug-likeness (QED) is 0.216. The highest BCUT2D eigenvalue weighted by molar-refractivity contribution is 5.70. The van der Waals surface area contributed by atoms with E-state index in [4.69, 9.17) is 18.9 Å². The normalized spacial score (nSPS) is 15.2. The molecule has 0 unspecified atom stereocenters. The van der Waals surface area contributed by atoms with E-state index in [2.05, 4.69) is 30.1 Å². The maximum absolute atomic E-state index is 13.3. The van der Waals surface area contributed by atoms with Gasteiger partial charge in [0.25, 0.3) is 0 Å². The lowest BCUT2D eigenvalue weighted by Crippen LogP contribution is -2.30. The number of nitrogens with one attached hydrogen (secondary N) is 1. The van der Waals surface area contributed by atoms with Gasteiger partial charge in [-0.25, -0.2) is 14.5 Å². The molecule has 7 rings (SSSR count). The van der Waals surface area contributed by atoms with Gasteiger partial charge < -0.3 is 18.9 Å². The molecule has 0 saturated carbocycles. The van der Waals surface area contributed by atoms with Crippen molar-refractivity contribution in [1.82, 2.24) is 14.8 Å². The van der Waals surface area contributed by atoms with Crippen LogP contribution in [0.25, 0.3) is 17.1 Å². The fourth-order valence-electron chi connectivity index (χ4n) is 6.07. The van der Waals surface area contributed by atoms with Gasteiger partial charge >= 0.3 is 5.69 Å². The van der Waals surface area contributed by atoms with Crippen LogP contribution in [0.1, 0.15) is 47.6 Å².